The van der Waals surface area contributed by atoms with Crippen molar-refractivity contribution in [2.45, 2.75) is 13.8 Å². The minimum absolute atomic E-state index is 0.0291. The van der Waals surface area contributed by atoms with Crippen LogP contribution in [0.1, 0.15) is 11.3 Å². The molecule has 0 radical (unpaired) electrons. The molecule has 0 spiro atoms. The van der Waals surface area contributed by atoms with E-state index < -0.39 is 4.92 Å². The van der Waals surface area contributed by atoms with E-state index in [1.54, 1.807) is 12.1 Å². The van der Waals surface area contributed by atoms with Crippen LogP contribution in [0, 0.1) is 24.0 Å². The Morgan fingerprint density at radius 3 is 2.67 bits per heavy atom. The van der Waals surface area contributed by atoms with Crippen molar-refractivity contribution in [1.29, 1.82) is 0 Å². The van der Waals surface area contributed by atoms with Gasteiger partial charge in [0.05, 0.1) is 17.7 Å². The molecule has 1 aromatic carbocycles. The lowest BCUT2D eigenvalue weighted by Gasteiger charge is -2.12. The Balaban J connectivity index is 2.53. The topological polar surface area (TPSA) is 90.2 Å². The fraction of sp³-hybridized carbons (Fsp3) is 0.231. The van der Waals surface area contributed by atoms with Crippen molar-refractivity contribution in [3.8, 4) is 5.75 Å². The number of nitro groups is 1. The molecule has 0 aliphatic carbocycles. The third-order valence-corrected chi connectivity index (χ3v) is 2.99. The predicted octanol–water partition coefficient (Wildman–Crippen LogP) is 3.41. The predicted molar refractivity (Wildman–Crippen MR) is 79.4 cm³/mol. The van der Waals surface area contributed by atoms with Crippen molar-refractivity contribution in [3.63, 3.8) is 0 Å². The Bertz CT molecular complexity index is 706. The van der Waals surface area contributed by atoms with Crippen molar-refractivity contribution in [3.05, 3.63) is 44.9 Å². The highest BCUT2D eigenvalue weighted by Gasteiger charge is 2.22. The first-order valence-electron chi connectivity index (χ1n) is 6.02. The number of aryl methyl sites for hydroxylation is 2. The number of benzene rings is 1. The summed E-state index contributed by atoms with van der Waals surface area (Å²) in [6, 6.07) is 5.43. The zero-order valence-electron chi connectivity index (χ0n) is 11.7. The zero-order valence-corrected chi connectivity index (χ0v) is 12.4. The molecule has 21 heavy (non-hydrogen) atoms. The molecule has 2 aromatic rings. The SMILES string of the molecule is COc1ccc(C)cc1Nc1nc(Cl)nc(C)c1[N+](=O)[O-]. The highest BCUT2D eigenvalue weighted by Crippen LogP contribution is 2.33. The molecular weight excluding hydrogens is 296 g/mol. The Labute approximate surface area is 126 Å². The maximum Gasteiger partial charge on any atom is 0.332 e. The van der Waals surface area contributed by atoms with Gasteiger partial charge in [0.25, 0.3) is 0 Å². The largest absolute Gasteiger partial charge is 0.495 e. The Kier molecular flexibility index (Phi) is 4.23. The van der Waals surface area contributed by atoms with Crippen LogP contribution >= 0.6 is 11.6 Å². The molecule has 0 atom stereocenters. The summed E-state index contributed by atoms with van der Waals surface area (Å²) < 4.78 is 5.22. The van der Waals surface area contributed by atoms with E-state index in [0.29, 0.717) is 11.4 Å². The van der Waals surface area contributed by atoms with Gasteiger partial charge < -0.3 is 10.1 Å². The number of nitrogens with zero attached hydrogens (tertiary/aromatic N) is 3. The molecule has 110 valence electrons. The lowest BCUT2D eigenvalue weighted by molar-refractivity contribution is -0.385. The molecule has 2 rings (SSSR count). The second-order valence-electron chi connectivity index (χ2n) is 4.36. The van der Waals surface area contributed by atoms with E-state index in [1.807, 2.05) is 13.0 Å². The van der Waals surface area contributed by atoms with E-state index in [-0.39, 0.29) is 22.5 Å². The van der Waals surface area contributed by atoms with Crippen molar-refractivity contribution in [2.24, 2.45) is 0 Å². The first-order chi connectivity index (χ1) is 9.92. The summed E-state index contributed by atoms with van der Waals surface area (Å²) in [4.78, 5) is 18.3. The number of ether oxygens (including phenoxy) is 1. The molecule has 0 saturated heterocycles. The van der Waals surface area contributed by atoms with Gasteiger partial charge in [-0.3, -0.25) is 10.1 Å². The third kappa shape index (κ3) is 3.19. The molecule has 0 fully saturated rings. The van der Waals surface area contributed by atoms with Gasteiger partial charge in [-0.2, -0.15) is 4.98 Å². The van der Waals surface area contributed by atoms with Crippen LogP contribution in [-0.2, 0) is 0 Å². The standard InChI is InChI=1S/C13H13ClN4O3/c1-7-4-5-10(21-3)9(6-7)16-12-11(18(19)20)8(2)15-13(14)17-12/h4-6H,1-3H3,(H,15,16,17). The summed E-state index contributed by atoms with van der Waals surface area (Å²) in [5.74, 6) is 0.573. The van der Waals surface area contributed by atoms with Crippen LogP contribution in [0.15, 0.2) is 18.2 Å². The van der Waals surface area contributed by atoms with E-state index in [1.165, 1.54) is 14.0 Å². The summed E-state index contributed by atoms with van der Waals surface area (Å²) in [5.41, 5.74) is 1.50. The van der Waals surface area contributed by atoms with E-state index in [0.717, 1.165) is 5.56 Å². The van der Waals surface area contributed by atoms with Gasteiger partial charge in [0.1, 0.15) is 11.4 Å². The fourth-order valence-electron chi connectivity index (χ4n) is 1.89. The van der Waals surface area contributed by atoms with Crippen LogP contribution in [0.4, 0.5) is 17.2 Å². The zero-order chi connectivity index (χ0) is 15.6. The van der Waals surface area contributed by atoms with Crippen LogP contribution in [0.2, 0.25) is 5.28 Å². The highest BCUT2D eigenvalue weighted by molar-refractivity contribution is 6.28. The Morgan fingerprint density at radius 1 is 1.33 bits per heavy atom. The van der Waals surface area contributed by atoms with Gasteiger partial charge >= 0.3 is 5.69 Å². The number of rotatable bonds is 4. The number of hydrogen-bond acceptors (Lipinski definition) is 6. The normalized spacial score (nSPS) is 10.3. The third-order valence-electron chi connectivity index (χ3n) is 2.82. The molecule has 0 amide bonds. The van der Waals surface area contributed by atoms with Crippen molar-refractivity contribution < 1.29 is 9.66 Å². The molecule has 8 heteroatoms. The van der Waals surface area contributed by atoms with Crippen molar-refractivity contribution in [2.75, 3.05) is 12.4 Å². The molecule has 1 heterocycles. The summed E-state index contributed by atoms with van der Waals surface area (Å²) in [7, 11) is 1.52. The quantitative estimate of drug-likeness (QED) is 0.529. The van der Waals surface area contributed by atoms with E-state index in [4.69, 9.17) is 16.3 Å². The summed E-state index contributed by atoms with van der Waals surface area (Å²) in [6.07, 6.45) is 0. The van der Waals surface area contributed by atoms with Gasteiger partial charge in [-0.1, -0.05) is 6.07 Å². The molecule has 0 aliphatic rings. The lowest BCUT2D eigenvalue weighted by atomic mass is 10.2. The number of methoxy groups -OCH3 is 1. The van der Waals surface area contributed by atoms with Crippen molar-refractivity contribution in [1.82, 2.24) is 9.97 Å². The van der Waals surface area contributed by atoms with Crippen LogP contribution in [0.5, 0.6) is 5.75 Å². The van der Waals surface area contributed by atoms with E-state index in [9.17, 15) is 10.1 Å². The summed E-state index contributed by atoms with van der Waals surface area (Å²) >= 11 is 5.78. The second kappa shape index (κ2) is 5.92. The first kappa shape index (κ1) is 15.0. The van der Waals surface area contributed by atoms with Gasteiger partial charge in [0.2, 0.25) is 11.1 Å². The maximum absolute atomic E-state index is 11.2. The number of halogens is 1. The molecule has 0 aliphatic heterocycles. The van der Waals surface area contributed by atoms with Gasteiger partial charge in [0.15, 0.2) is 0 Å². The first-order valence-corrected chi connectivity index (χ1v) is 6.40. The average Bonchev–Trinajstić information content (AvgIpc) is 2.37. The number of aromatic nitrogens is 2. The number of anilines is 2. The van der Waals surface area contributed by atoms with Gasteiger partial charge in [-0.05, 0) is 43.1 Å². The minimum Gasteiger partial charge on any atom is -0.495 e. The molecule has 7 nitrogen and oxygen atoms in total. The smallest absolute Gasteiger partial charge is 0.332 e. The Morgan fingerprint density at radius 2 is 2.05 bits per heavy atom. The molecule has 0 saturated carbocycles. The maximum atomic E-state index is 11.2. The van der Waals surface area contributed by atoms with E-state index >= 15 is 0 Å². The Hall–Kier alpha value is -2.41. The van der Waals surface area contributed by atoms with Crippen LogP contribution < -0.4 is 10.1 Å². The van der Waals surface area contributed by atoms with Crippen LogP contribution in [0.3, 0.4) is 0 Å². The molecule has 1 aromatic heterocycles. The molecule has 0 unspecified atom stereocenters. The van der Waals surface area contributed by atoms with Crippen LogP contribution in [-0.4, -0.2) is 22.0 Å². The number of nitrogens with one attached hydrogen (secondary N) is 1. The van der Waals surface area contributed by atoms with Gasteiger partial charge in [0, 0.05) is 0 Å². The number of hydrogen-bond donors (Lipinski definition) is 1. The lowest BCUT2D eigenvalue weighted by Crippen LogP contribution is -2.05. The van der Waals surface area contributed by atoms with Gasteiger partial charge in [-0.15, -0.1) is 0 Å². The molecular formula is C13H13ClN4O3. The second-order valence-corrected chi connectivity index (χ2v) is 4.70. The molecule has 1 N–H and O–H groups in total. The van der Waals surface area contributed by atoms with Gasteiger partial charge in [-0.25, -0.2) is 4.98 Å². The van der Waals surface area contributed by atoms with Crippen molar-refractivity contribution >= 4 is 28.8 Å². The summed E-state index contributed by atoms with van der Waals surface area (Å²) in [5, 5.41) is 14.0. The van der Waals surface area contributed by atoms with E-state index in [2.05, 4.69) is 15.3 Å². The average molecular weight is 309 g/mol. The minimum atomic E-state index is -0.545. The highest BCUT2D eigenvalue weighted by atomic mass is 35.5. The van der Waals surface area contributed by atoms with Crippen LogP contribution in [0.25, 0.3) is 0 Å². The monoisotopic (exact) mass is 308 g/mol. The summed E-state index contributed by atoms with van der Waals surface area (Å²) in [6.45, 7) is 3.40. The fourth-order valence-corrected chi connectivity index (χ4v) is 2.10. The molecule has 0 bridgehead atoms.